The van der Waals surface area contributed by atoms with Gasteiger partial charge in [0.1, 0.15) is 5.82 Å². The second-order valence-electron chi connectivity index (χ2n) is 4.67. The van der Waals surface area contributed by atoms with Crippen molar-refractivity contribution in [2.45, 2.75) is 13.8 Å². The first-order valence-electron chi connectivity index (χ1n) is 6.38. The number of rotatable bonds is 3. The number of aryl methyl sites for hydroxylation is 1. The van der Waals surface area contributed by atoms with Crippen molar-refractivity contribution in [3.8, 4) is 0 Å². The Morgan fingerprint density at radius 3 is 2.55 bits per heavy atom. The SMILES string of the molecule is CNc1ccc(C)cc1C(=O)Nc1cccc(F)c1C. The molecule has 2 aromatic rings. The molecule has 0 radical (unpaired) electrons. The quantitative estimate of drug-likeness (QED) is 0.893. The summed E-state index contributed by atoms with van der Waals surface area (Å²) in [5.74, 6) is -0.590. The number of hydrogen-bond acceptors (Lipinski definition) is 2. The number of nitrogens with one attached hydrogen (secondary N) is 2. The minimum atomic E-state index is -0.333. The Morgan fingerprint density at radius 2 is 1.85 bits per heavy atom. The van der Waals surface area contributed by atoms with Gasteiger partial charge in [-0.1, -0.05) is 17.7 Å². The standard InChI is InChI=1S/C16H17FN2O/c1-10-7-8-15(18-3)12(9-10)16(20)19-14-6-4-5-13(17)11(14)2/h4-9,18H,1-3H3,(H,19,20). The molecule has 0 unspecified atom stereocenters. The highest BCUT2D eigenvalue weighted by atomic mass is 19.1. The van der Waals surface area contributed by atoms with Crippen LogP contribution in [0.4, 0.5) is 15.8 Å². The maximum absolute atomic E-state index is 13.5. The van der Waals surface area contributed by atoms with Gasteiger partial charge >= 0.3 is 0 Å². The zero-order chi connectivity index (χ0) is 14.7. The number of carbonyl (C=O) groups excluding carboxylic acids is 1. The predicted octanol–water partition coefficient (Wildman–Crippen LogP) is 3.74. The fourth-order valence-corrected chi connectivity index (χ4v) is 2.00. The van der Waals surface area contributed by atoms with Gasteiger partial charge in [0.25, 0.3) is 5.91 Å². The monoisotopic (exact) mass is 272 g/mol. The van der Waals surface area contributed by atoms with Crippen LogP contribution in [0.3, 0.4) is 0 Å². The molecule has 0 aliphatic carbocycles. The Kier molecular flexibility index (Phi) is 4.03. The van der Waals surface area contributed by atoms with Crippen molar-refractivity contribution in [1.82, 2.24) is 0 Å². The molecule has 0 fully saturated rings. The third-order valence-electron chi connectivity index (χ3n) is 3.20. The number of carbonyl (C=O) groups is 1. The average molecular weight is 272 g/mol. The zero-order valence-corrected chi connectivity index (χ0v) is 11.8. The highest BCUT2D eigenvalue weighted by Crippen LogP contribution is 2.21. The molecule has 2 rings (SSSR count). The summed E-state index contributed by atoms with van der Waals surface area (Å²) in [5.41, 5.74) is 3.18. The van der Waals surface area contributed by atoms with Gasteiger partial charge in [0.05, 0.1) is 5.56 Å². The van der Waals surface area contributed by atoms with Crippen LogP contribution in [0.2, 0.25) is 0 Å². The lowest BCUT2D eigenvalue weighted by Gasteiger charge is -2.12. The second kappa shape index (κ2) is 5.74. The smallest absolute Gasteiger partial charge is 0.257 e. The van der Waals surface area contributed by atoms with Gasteiger partial charge in [0, 0.05) is 24.0 Å². The second-order valence-corrected chi connectivity index (χ2v) is 4.67. The third-order valence-corrected chi connectivity index (χ3v) is 3.20. The minimum Gasteiger partial charge on any atom is -0.387 e. The molecular weight excluding hydrogens is 255 g/mol. The lowest BCUT2D eigenvalue weighted by atomic mass is 10.1. The number of hydrogen-bond donors (Lipinski definition) is 2. The van der Waals surface area contributed by atoms with Gasteiger partial charge in [-0.05, 0) is 38.1 Å². The minimum absolute atomic E-state index is 0.258. The van der Waals surface area contributed by atoms with E-state index in [2.05, 4.69) is 10.6 Å². The summed E-state index contributed by atoms with van der Waals surface area (Å²) in [6.45, 7) is 3.56. The highest BCUT2D eigenvalue weighted by molar-refractivity contribution is 6.08. The van der Waals surface area contributed by atoms with E-state index in [0.29, 0.717) is 16.8 Å². The van der Waals surface area contributed by atoms with Crippen molar-refractivity contribution in [1.29, 1.82) is 0 Å². The van der Waals surface area contributed by atoms with Crippen molar-refractivity contribution in [2.75, 3.05) is 17.7 Å². The first-order chi connectivity index (χ1) is 9.52. The van der Waals surface area contributed by atoms with Gasteiger partial charge in [-0.25, -0.2) is 4.39 Å². The van der Waals surface area contributed by atoms with E-state index in [9.17, 15) is 9.18 Å². The molecule has 0 heterocycles. The fraction of sp³-hybridized carbons (Fsp3) is 0.188. The maximum Gasteiger partial charge on any atom is 0.257 e. The summed E-state index contributed by atoms with van der Waals surface area (Å²) < 4.78 is 13.5. The molecule has 0 saturated carbocycles. The summed E-state index contributed by atoms with van der Waals surface area (Å²) in [4.78, 5) is 12.3. The molecule has 0 aliphatic heterocycles. The Hall–Kier alpha value is -2.36. The summed E-state index contributed by atoms with van der Waals surface area (Å²) in [7, 11) is 1.76. The van der Waals surface area contributed by atoms with Gasteiger partial charge in [-0.2, -0.15) is 0 Å². The lowest BCUT2D eigenvalue weighted by molar-refractivity contribution is 0.102. The van der Waals surface area contributed by atoms with Crippen LogP contribution < -0.4 is 10.6 Å². The van der Waals surface area contributed by atoms with Crippen molar-refractivity contribution in [3.05, 3.63) is 58.9 Å². The molecule has 0 saturated heterocycles. The zero-order valence-electron chi connectivity index (χ0n) is 11.8. The largest absolute Gasteiger partial charge is 0.387 e. The van der Waals surface area contributed by atoms with E-state index in [-0.39, 0.29) is 11.7 Å². The van der Waals surface area contributed by atoms with Gasteiger partial charge in [-0.15, -0.1) is 0 Å². The molecule has 3 nitrogen and oxygen atoms in total. The maximum atomic E-state index is 13.5. The molecule has 20 heavy (non-hydrogen) atoms. The van der Waals surface area contributed by atoms with Crippen LogP contribution in [0.5, 0.6) is 0 Å². The Labute approximate surface area is 117 Å². The molecule has 2 N–H and O–H groups in total. The van der Waals surface area contributed by atoms with Gasteiger partial charge < -0.3 is 10.6 Å². The lowest BCUT2D eigenvalue weighted by Crippen LogP contribution is -2.15. The number of amides is 1. The first-order valence-corrected chi connectivity index (χ1v) is 6.38. The molecular formula is C16H17FN2O. The Morgan fingerprint density at radius 1 is 1.10 bits per heavy atom. The highest BCUT2D eigenvalue weighted by Gasteiger charge is 2.13. The number of benzene rings is 2. The predicted molar refractivity (Wildman–Crippen MR) is 79.8 cm³/mol. The van der Waals surface area contributed by atoms with Gasteiger partial charge in [-0.3, -0.25) is 4.79 Å². The molecule has 0 aromatic heterocycles. The van der Waals surface area contributed by atoms with E-state index < -0.39 is 0 Å². The molecule has 0 aliphatic rings. The molecule has 104 valence electrons. The van der Waals surface area contributed by atoms with Crippen molar-refractivity contribution in [3.63, 3.8) is 0 Å². The molecule has 1 amide bonds. The fourth-order valence-electron chi connectivity index (χ4n) is 2.00. The van der Waals surface area contributed by atoms with Crippen molar-refractivity contribution in [2.24, 2.45) is 0 Å². The van der Waals surface area contributed by atoms with Crippen LogP contribution in [-0.4, -0.2) is 13.0 Å². The van der Waals surface area contributed by atoms with Crippen LogP contribution >= 0.6 is 0 Å². The summed E-state index contributed by atoms with van der Waals surface area (Å²) in [5, 5.41) is 5.73. The number of halogens is 1. The van der Waals surface area contributed by atoms with E-state index in [1.165, 1.54) is 6.07 Å². The van der Waals surface area contributed by atoms with Crippen molar-refractivity contribution < 1.29 is 9.18 Å². The van der Waals surface area contributed by atoms with Crippen LogP contribution in [-0.2, 0) is 0 Å². The molecule has 0 spiro atoms. The van der Waals surface area contributed by atoms with Gasteiger partial charge in [0.15, 0.2) is 0 Å². The molecule has 0 atom stereocenters. The van der Waals surface area contributed by atoms with Gasteiger partial charge in [0.2, 0.25) is 0 Å². The van der Waals surface area contributed by atoms with Crippen LogP contribution in [0.25, 0.3) is 0 Å². The Balaban J connectivity index is 2.33. The molecule has 2 aromatic carbocycles. The summed E-state index contributed by atoms with van der Waals surface area (Å²) in [6.07, 6.45) is 0. The van der Waals surface area contributed by atoms with E-state index in [1.807, 2.05) is 19.1 Å². The third kappa shape index (κ3) is 2.79. The topological polar surface area (TPSA) is 41.1 Å². The summed E-state index contributed by atoms with van der Waals surface area (Å²) in [6, 6.07) is 10.2. The van der Waals surface area contributed by atoms with Crippen LogP contribution in [0.1, 0.15) is 21.5 Å². The Bertz CT molecular complexity index is 653. The van der Waals surface area contributed by atoms with E-state index in [4.69, 9.17) is 0 Å². The van der Waals surface area contributed by atoms with Crippen LogP contribution in [0.15, 0.2) is 36.4 Å². The normalized spacial score (nSPS) is 10.2. The van der Waals surface area contributed by atoms with E-state index >= 15 is 0 Å². The van der Waals surface area contributed by atoms with Crippen LogP contribution in [0, 0.1) is 19.7 Å². The van der Waals surface area contributed by atoms with Crippen molar-refractivity contribution >= 4 is 17.3 Å². The average Bonchev–Trinajstić information content (AvgIpc) is 2.43. The first kappa shape index (κ1) is 14.1. The summed E-state index contributed by atoms with van der Waals surface area (Å²) >= 11 is 0. The van der Waals surface area contributed by atoms with E-state index in [1.54, 1.807) is 32.2 Å². The molecule has 4 heteroatoms. The van der Waals surface area contributed by atoms with E-state index in [0.717, 1.165) is 11.3 Å². The number of anilines is 2. The molecule has 0 bridgehead atoms.